The lowest BCUT2D eigenvalue weighted by Gasteiger charge is -2.33. The van der Waals surface area contributed by atoms with Crippen LogP contribution in [0.3, 0.4) is 0 Å². The third-order valence-electron chi connectivity index (χ3n) is 6.40. The van der Waals surface area contributed by atoms with Crippen LogP contribution in [-0.4, -0.2) is 42.3 Å². The van der Waals surface area contributed by atoms with Crippen molar-refractivity contribution in [2.24, 2.45) is 5.10 Å². The summed E-state index contributed by atoms with van der Waals surface area (Å²) >= 11 is 0. The molecule has 1 aliphatic heterocycles. The highest BCUT2D eigenvalue weighted by Gasteiger charge is 2.16. The Hall–Kier alpha value is -3.17. The van der Waals surface area contributed by atoms with Crippen molar-refractivity contribution < 1.29 is 0 Å². The molecule has 1 heterocycles. The molecule has 1 aliphatic rings. The van der Waals surface area contributed by atoms with E-state index in [1.54, 1.807) is 0 Å². The van der Waals surface area contributed by atoms with Gasteiger partial charge in [0.05, 0.1) is 6.21 Å². The summed E-state index contributed by atoms with van der Waals surface area (Å²) in [6, 6.07) is 26.3. The van der Waals surface area contributed by atoms with Crippen LogP contribution in [0.2, 0.25) is 0 Å². The van der Waals surface area contributed by atoms with E-state index in [1.807, 2.05) is 0 Å². The van der Waals surface area contributed by atoms with Gasteiger partial charge in [0.2, 0.25) is 0 Å². The zero-order valence-electron chi connectivity index (χ0n) is 18.4. The number of fused-ring (bicyclic) bond motifs is 2. The van der Waals surface area contributed by atoms with Gasteiger partial charge in [-0.3, -0.25) is 9.91 Å². The molecule has 0 aromatic heterocycles. The average molecular weight is 408 g/mol. The molecule has 31 heavy (non-hydrogen) atoms. The van der Waals surface area contributed by atoms with E-state index in [-0.39, 0.29) is 0 Å². The van der Waals surface area contributed by atoms with E-state index >= 15 is 0 Å². The number of benzene rings is 4. The second-order valence-corrected chi connectivity index (χ2v) is 8.64. The summed E-state index contributed by atoms with van der Waals surface area (Å²) in [6.45, 7) is 9.41. The zero-order valence-corrected chi connectivity index (χ0v) is 18.4. The molecule has 0 atom stereocenters. The Morgan fingerprint density at radius 2 is 1.42 bits per heavy atom. The molecule has 0 saturated carbocycles. The third-order valence-corrected chi connectivity index (χ3v) is 6.40. The summed E-state index contributed by atoms with van der Waals surface area (Å²) in [4.78, 5) is 2.54. The quantitative estimate of drug-likeness (QED) is 0.316. The van der Waals surface area contributed by atoms with E-state index in [0.717, 1.165) is 32.7 Å². The molecule has 5 rings (SSSR count). The predicted molar refractivity (Wildman–Crippen MR) is 132 cm³/mol. The standard InChI is InChI=1S/C28H29N3/c1-21-11-12-25(22(2)17-21)20-30-13-15-31(16-14-30)29-19-28-26-9-5-3-7-23(26)18-24-8-4-6-10-27(24)28/h3-12,17-19H,13-16,20H2,1-2H3. The average Bonchev–Trinajstić information content (AvgIpc) is 2.79. The first kappa shape index (κ1) is 19.8. The molecular formula is C28H29N3. The summed E-state index contributed by atoms with van der Waals surface area (Å²) in [6.07, 6.45) is 2.07. The smallest absolute Gasteiger partial charge is 0.0555 e. The van der Waals surface area contributed by atoms with Gasteiger partial charge in [0.1, 0.15) is 0 Å². The normalized spacial score (nSPS) is 15.4. The van der Waals surface area contributed by atoms with E-state index in [2.05, 4.69) is 103 Å². The highest BCUT2D eigenvalue weighted by atomic mass is 15.5. The van der Waals surface area contributed by atoms with Crippen molar-refractivity contribution in [3.8, 4) is 0 Å². The first-order valence-corrected chi connectivity index (χ1v) is 11.2. The number of hydrogen-bond donors (Lipinski definition) is 0. The van der Waals surface area contributed by atoms with Crippen molar-refractivity contribution in [2.75, 3.05) is 26.2 Å². The molecule has 0 bridgehead atoms. The number of nitrogens with zero attached hydrogens (tertiary/aromatic N) is 3. The van der Waals surface area contributed by atoms with E-state index in [9.17, 15) is 0 Å². The largest absolute Gasteiger partial charge is 0.295 e. The van der Waals surface area contributed by atoms with Crippen LogP contribution in [0, 0.1) is 13.8 Å². The Balaban J connectivity index is 1.32. The van der Waals surface area contributed by atoms with Crippen molar-refractivity contribution in [2.45, 2.75) is 20.4 Å². The van der Waals surface area contributed by atoms with Gasteiger partial charge in [-0.2, -0.15) is 5.10 Å². The molecule has 0 unspecified atom stereocenters. The maximum absolute atomic E-state index is 4.91. The molecule has 1 fully saturated rings. The molecule has 0 N–H and O–H groups in total. The van der Waals surface area contributed by atoms with Crippen LogP contribution in [-0.2, 0) is 6.54 Å². The lowest BCUT2D eigenvalue weighted by molar-refractivity contribution is 0.131. The molecule has 4 aromatic carbocycles. The second kappa shape index (κ2) is 8.52. The van der Waals surface area contributed by atoms with Crippen molar-refractivity contribution >= 4 is 27.8 Å². The minimum Gasteiger partial charge on any atom is -0.295 e. The lowest BCUT2D eigenvalue weighted by atomic mass is 9.97. The van der Waals surface area contributed by atoms with E-state index in [4.69, 9.17) is 5.10 Å². The number of piperazine rings is 1. The monoisotopic (exact) mass is 407 g/mol. The predicted octanol–water partition coefficient (Wildman–Crippen LogP) is 5.76. The van der Waals surface area contributed by atoms with Crippen LogP contribution in [0.25, 0.3) is 21.5 Å². The van der Waals surface area contributed by atoms with E-state index < -0.39 is 0 Å². The number of hydrazone groups is 1. The highest BCUT2D eigenvalue weighted by Crippen LogP contribution is 2.27. The van der Waals surface area contributed by atoms with Crippen LogP contribution in [0.5, 0.6) is 0 Å². The third kappa shape index (κ3) is 4.19. The Labute approximate surface area is 184 Å². The molecule has 0 radical (unpaired) electrons. The van der Waals surface area contributed by atoms with Gasteiger partial charge in [0, 0.05) is 38.3 Å². The van der Waals surface area contributed by atoms with Crippen LogP contribution < -0.4 is 0 Å². The lowest BCUT2D eigenvalue weighted by Crippen LogP contribution is -2.43. The van der Waals surface area contributed by atoms with Gasteiger partial charge in [-0.1, -0.05) is 72.3 Å². The highest BCUT2D eigenvalue weighted by molar-refractivity contribution is 6.13. The molecule has 4 aromatic rings. The van der Waals surface area contributed by atoms with Gasteiger partial charge < -0.3 is 0 Å². The van der Waals surface area contributed by atoms with Crippen LogP contribution in [0.15, 0.2) is 77.9 Å². The van der Waals surface area contributed by atoms with Gasteiger partial charge in [0.15, 0.2) is 0 Å². The topological polar surface area (TPSA) is 18.8 Å². The van der Waals surface area contributed by atoms with Crippen molar-refractivity contribution in [3.63, 3.8) is 0 Å². The van der Waals surface area contributed by atoms with Crippen LogP contribution >= 0.6 is 0 Å². The van der Waals surface area contributed by atoms with Crippen molar-refractivity contribution in [3.05, 3.63) is 95.1 Å². The Kier molecular flexibility index (Phi) is 5.44. The summed E-state index contributed by atoms with van der Waals surface area (Å²) in [5, 5.41) is 12.2. The maximum atomic E-state index is 4.91. The first-order valence-electron chi connectivity index (χ1n) is 11.2. The molecule has 0 aliphatic carbocycles. The summed E-state index contributed by atoms with van der Waals surface area (Å²) in [7, 11) is 0. The SMILES string of the molecule is Cc1ccc(CN2CCN(N=Cc3c4ccccc4cc4ccccc34)CC2)c(C)c1. The van der Waals surface area contributed by atoms with Gasteiger partial charge >= 0.3 is 0 Å². The molecule has 3 nitrogen and oxygen atoms in total. The number of hydrogen-bond acceptors (Lipinski definition) is 3. The molecule has 0 amide bonds. The van der Waals surface area contributed by atoms with Gasteiger partial charge in [-0.25, -0.2) is 0 Å². The zero-order chi connectivity index (χ0) is 21.2. The molecule has 156 valence electrons. The van der Waals surface area contributed by atoms with E-state index in [1.165, 1.54) is 43.8 Å². The van der Waals surface area contributed by atoms with Gasteiger partial charge in [0.25, 0.3) is 0 Å². The Morgan fingerprint density at radius 1 is 0.774 bits per heavy atom. The molecule has 1 saturated heterocycles. The fourth-order valence-electron chi connectivity index (χ4n) is 4.60. The Morgan fingerprint density at radius 3 is 2.06 bits per heavy atom. The first-order chi connectivity index (χ1) is 15.2. The minimum atomic E-state index is 0.962. The fraction of sp³-hybridized carbons (Fsp3) is 0.250. The van der Waals surface area contributed by atoms with E-state index in [0.29, 0.717) is 0 Å². The number of rotatable bonds is 4. The molecule has 3 heteroatoms. The molecular weight excluding hydrogens is 378 g/mol. The Bertz CT molecular complexity index is 1200. The number of aryl methyl sites for hydroxylation is 2. The molecule has 0 spiro atoms. The van der Waals surface area contributed by atoms with Crippen molar-refractivity contribution in [1.82, 2.24) is 9.91 Å². The summed E-state index contributed by atoms with van der Waals surface area (Å²) in [5.74, 6) is 0. The summed E-state index contributed by atoms with van der Waals surface area (Å²) < 4.78 is 0. The minimum absolute atomic E-state index is 0.962. The summed E-state index contributed by atoms with van der Waals surface area (Å²) in [5.41, 5.74) is 5.38. The maximum Gasteiger partial charge on any atom is 0.0555 e. The second-order valence-electron chi connectivity index (χ2n) is 8.64. The fourth-order valence-corrected chi connectivity index (χ4v) is 4.60. The van der Waals surface area contributed by atoms with Gasteiger partial charge in [-0.05, 0) is 52.6 Å². The van der Waals surface area contributed by atoms with Crippen LogP contribution in [0.1, 0.15) is 22.3 Å². The van der Waals surface area contributed by atoms with Gasteiger partial charge in [-0.15, -0.1) is 0 Å². The van der Waals surface area contributed by atoms with Crippen molar-refractivity contribution in [1.29, 1.82) is 0 Å². The van der Waals surface area contributed by atoms with Crippen LogP contribution in [0.4, 0.5) is 0 Å².